The molecule has 0 aliphatic carbocycles. The predicted octanol–water partition coefficient (Wildman–Crippen LogP) is 3.55. The first-order chi connectivity index (χ1) is 15.2. The lowest BCUT2D eigenvalue weighted by molar-refractivity contribution is -0.116. The molecule has 11 heteroatoms. The maximum absolute atomic E-state index is 13.6. The van der Waals surface area contributed by atoms with E-state index in [-0.39, 0.29) is 46.5 Å². The molecule has 1 aliphatic heterocycles. The van der Waals surface area contributed by atoms with Crippen molar-refractivity contribution >= 4 is 39.1 Å². The number of benzene rings is 2. The van der Waals surface area contributed by atoms with Crippen LogP contribution in [0.4, 0.5) is 14.5 Å². The summed E-state index contributed by atoms with van der Waals surface area (Å²) < 4.78 is 53.4. The zero-order valence-electron chi connectivity index (χ0n) is 17.0. The molecular formula is C21H22ClF2N3O4S. The van der Waals surface area contributed by atoms with Gasteiger partial charge in [-0.05, 0) is 49.6 Å². The number of carbonyl (C=O) groups excluding carboxylic acids is 2. The predicted molar refractivity (Wildman–Crippen MR) is 116 cm³/mol. The van der Waals surface area contributed by atoms with E-state index in [1.54, 1.807) is 0 Å². The van der Waals surface area contributed by atoms with Crippen molar-refractivity contribution in [3.63, 3.8) is 0 Å². The molecule has 2 N–H and O–H groups in total. The molecule has 0 unspecified atom stereocenters. The molecule has 0 bridgehead atoms. The van der Waals surface area contributed by atoms with Crippen molar-refractivity contribution in [3.05, 3.63) is 58.6 Å². The Bertz CT molecular complexity index is 1120. The van der Waals surface area contributed by atoms with Crippen LogP contribution in [0.1, 0.15) is 36.0 Å². The first-order valence-electron chi connectivity index (χ1n) is 10.0. The van der Waals surface area contributed by atoms with E-state index < -0.39 is 27.6 Å². The Hall–Kier alpha value is -2.56. The fourth-order valence-electron chi connectivity index (χ4n) is 3.29. The summed E-state index contributed by atoms with van der Waals surface area (Å²) in [5.74, 6) is -2.85. The van der Waals surface area contributed by atoms with E-state index in [1.165, 1.54) is 22.5 Å². The molecule has 1 saturated heterocycles. The van der Waals surface area contributed by atoms with Crippen LogP contribution in [0.15, 0.2) is 41.3 Å². The minimum absolute atomic E-state index is 0.0308. The molecule has 1 heterocycles. The SMILES string of the molecule is O=C(CCCNC(=O)c1ccc(F)cc1F)Nc1ccc(Cl)c(S(=O)(=O)N2CCCC2)c1. The average molecular weight is 486 g/mol. The van der Waals surface area contributed by atoms with Gasteiger partial charge in [-0.2, -0.15) is 4.31 Å². The Morgan fingerprint density at radius 1 is 1.06 bits per heavy atom. The lowest BCUT2D eigenvalue weighted by atomic mass is 10.2. The van der Waals surface area contributed by atoms with E-state index in [0.717, 1.165) is 25.0 Å². The number of amides is 2. The zero-order valence-corrected chi connectivity index (χ0v) is 18.6. The minimum Gasteiger partial charge on any atom is -0.352 e. The number of rotatable bonds is 8. The molecule has 0 saturated carbocycles. The first kappa shape index (κ1) is 24.1. The van der Waals surface area contributed by atoms with Gasteiger partial charge >= 0.3 is 0 Å². The molecule has 32 heavy (non-hydrogen) atoms. The molecule has 2 aromatic rings. The molecule has 2 amide bonds. The summed E-state index contributed by atoms with van der Waals surface area (Å²) in [7, 11) is -3.74. The Balaban J connectivity index is 1.52. The Labute approximate surface area is 189 Å². The van der Waals surface area contributed by atoms with E-state index >= 15 is 0 Å². The quantitative estimate of drug-likeness (QED) is 0.559. The van der Waals surface area contributed by atoms with E-state index in [1.807, 2.05) is 0 Å². The molecule has 3 rings (SSSR count). The number of carbonyl (C=O) groups is 2. The van der Waals surface area contributed by atoms with Crippen molar-refractivity contribution < 1.29 is 26.8 Å². The highest BCUT2D eigenvalue weighted by Gasteiger charge is 2.29. The summed E-state index contributed by atoms with van der Waals surface area (Å²) in [6.45, 7) is 0.962. The number of nitrogens with one attached hydrogen (secondary N) is 2. The van der Waals surface area contributed by atoms with Crippen LogP contribution in [0.5, 0.6) is 0 Å². The second-order valence-corrected chi connectivity index (χ2v) is 9.60. The largest absolute Gasteiger partial charge is 0.352 e. The molecular weight excluding hydrogens is 464 g/mol. The summed E-state index contributed by atoms with van der Waals surface area (Å²) in [5.41, 5.74) is -0.00153. The van der Waals surface area contributed by atoms with Crippen LogP contribution >= 0.6 is 11.6 Å². The van der Waals surface area contributed by atoms with Crippen molar-refractivity contribution in [1.29, 1.82) is 0 Å². The highest BCUT2D eigenvalue weighted by atomic mass is 35.5. The summed E-state index contributed by atoms with van der Waals surface area (Å²) in [6, 6.07) is 6.89. The fraction of sp³-hybridized carbons (Fsp3) is 0.333. The third kappa shape index (κ3) is 5.81. The van der Waals surface area contributed by atoms with Gasteiger partial charge < -0.3 is 10.6 Å². The van der Waals surface area contributed by atoms with Crippen molar-refractivity contribution in [2.24, 2.45) is 0 Å². The van der Waals surface area contributed by atoms with E-state index in [0.29, 0.717) is 19.2 Å². The number of sulfonamides is 1. The Kier molecular flexibility index (Phi) is 7.81. The maximum atomic E-state index is 13.6. The van der Waals surface area contributed by atoms with E-state index in [9.17, 15) is 26.8 Å². The summed E-state index contributed by atoms with van der Waals surface area (Å²) in [6.07, 6.45) is 1.87. The summed E-state index contributed by atoms with van der Waals surface area (Å²) in [5, 5.41) is 5.15. The first-order valence-corrected chi connectivity index (χ1v) is 11.8. The average Bonchev–Trinajstić information content (AvgIpc) is 3.28. The molecule has 1 aliphatic rings. The highest BCUT2D eigenvalue weighted by Crippen LogP contribution is 2.29. The number of hydrogen-bond donors (Lipinski definition) is 2. The van der Waals surface area contributed by atoms with Crippen molar-refractivity contribution in [2.45, 2.75) is 30.6 Å². The molecule has 0 atom stereocenters. The molecule has 0 spiro atoms. The van der Waals surface area contributed by atoms with E-state index in [2.05, 4.69) is 10.6 Å². The van der Waals surface area contributed by atoms with E-state index in [4.69, 9.17) is 11.6 Å². The van der Waals surface area contributed by atoms with Crippen molar-refractivity contribution in [2.75, 3.05) is 25.0 Å². The molecule has 0 aromatic heterocycles. The third-order valence-corrected chi connectivity index (χ3v) is 7.32. The number of halogens is 3. The van der Waals surface area contributed by atoms with Crippen LogP contribution in [0, 0.1) is 11.6 Å². The molecule has 7 nitrogen and oxygen atoms in total. The van der Waals surface area contributed by atoms with Crippen LogP contribution < -0.4 is 10.6 Å². The van der Waals surface area contributed by atoms with Crippen LogP contribution in [-0.4, -0.2) is 44.2 Å². The Morgan fingerprint density at radius 2 is 1.78 bits per heavy atom. The van der Waals surface area contributed by atoms with Crippen molar-refractivity contribution in [3.8, 4) is 0 Å². The molecule has 0 radical (unpaired) electrons. The summed E-state index contributed by atoms with van der Waals surface area (Å²) in [4.78, 5) is 24.1. The monoisotopic (exact) mass is 485 g/mol. The van der Waals surface area contributed by atoms with Gasteiger partial charge in [-0.3, -0.25) is 9.59 Å². The molecule has 172 valence electrons. The van der Waals surface area contributed by atoms with Crippen molar-refractivity contribution in [1.82, 2.24) is 9.62 Å². The second-order valence-electron chi connectivity index (χ2n) is 7.29. The van der Waals surface area contributed by atoms with Gasteiger partial charge in [0.1, 0.15) is 16.5 Å². The Morgan fingerprint density at radius 3 is 2.47 bits per heavy atom. The molecule has 1 fully saturated rings. The van der Waals surface area contributed by atoms with Gasteiger partial charge in [0.25, 0.3) is 5.91 Å². The topological polar surface area (TPSA) is 95.6 Å². The second kappa shape index (κ2) is 10.4. The normalized spacial score (nSPS) is 14.3. The van der Waals surface area contributed by atoms with Crippen LogP contribution in [0.2, 0.25) is 5.02 Å². The van der Waals surface area contributed by atoms with Gasteiger partial charge in [0, 0.05) is 37.8 Å². The van der Waals surface area contributed by atoms with Gasteiger partial charge in [-0.15, -0.1) is 0 Å². The zero-order chi connectivity index (χ0) is 23.3. The van der Waals surface area contributed by atoms with Gasteiger partial charge in [0.2, 0.25) is 15.9 Å². The van der Waals surface area contributed by atoms with Gasteiger partial charge in [0.05, 0.1) is 10.6 Å². The van der Waals surface area contributed by atoms with Crippen LogP contribution in [0.25, 0.3) is 0 Å². The third-order valence-electron chi connectivity index (χ3n) is 4.94. The number of anilines is 1. The van der Waals surface area contributed by atoms with Crippen LogP contribution in [-0.2, 0) is 14.8 Å². The maximum Gasteiger partial charge on any atom is 0.254 e. The highest BCUT2D eigenvalue weighted by molar-refractivity contribution is 7.89. The number of hydrogen-bond acceptors (Lipinski definition) is 4. The van der Waals surface area contributed by atoms with Gasteiger partial charge in [-0.25, -0.2) is 17.2 Å². The van der Waals surface area contributed by atoms with Gasteiger partial charge in [-0.1, -0.05) is 11.6 Å². The minimum atomic E-state index is -3.74. The lowest BCUT2D eigenvalue weighted by Crippen LogP contribution is -2.28. The molecule has 2 aromatic carbocycles. The fourth-order valence-corrected chi connectivity index (χ4v) is 5.31. The standard InChI is InChI=1S/C21H22ClF2N3O4S/c22-17-8-6-15(13-19(17)32(30,31)27-10-1-2-11-27)26-20(28)4-3-9-25-21(29)16-7-5-14(23)12-18(16)24/h5-8,12-13H,1-4,9-11H2,(H,25,29)(H,26,28). The number of nitrogens with zero attached hydrogens (tertiary/aromatic N) is 1. The lowest BCUT2D eigenvalue weighted by Gasteiger charge is -2.17. The van der Waals surface area contributed by atoms with Crippen LogP contribution in [0.3, 0.4) is 0 Å². The summed E-state index contributed by atoms with van der Waals surface area (Å²) >= 11 is 6.09. The van der Waals surface area contributed by atoms with Gasteiger partial charge in [0.15, 0.2) is 0 Å². The smallest absolute Gasteiger partial charge is 0.254 e.